The van der Waals surface area contributed by atoms with Gasteiger partial charge in [-0.3, -0.25) is 4.98 Å². The highest BCUT2D eigenvalue weighted by atomic mass is 32.2. The topological polar surface area (TPSA) is 76.8 Å². The van der Waals surface area contributed by atoms with Crippen LogP contribution in [0.2, 0.25) is 0 Å². The maximum atomic E-state index is 6.37. The van der Waals surface area contributed by atoms with Gasteiger partial charge in [0.2, 0.25) is 0 Å². The number of thioether (sulfide) groups is 1. The molecule has 5 rings (SSSR count). The zero-order chi connectivity index (χ0) is 24.6. The number of aromatic nitrogens is 3. The molecule has 0 fully saturated rings. The number of nitrogens with one attached hydrogen (secondary N) is 1. The lowest BCUT2D eigenvalue weighted by Gasteiger charge is -2.13. The Morgan fingerprint density at radius 1 is 0.944 bits per heavy atom. The van der Waals surface area contributed by atoms with Crippen molar-refractivity contribution in [3.8, 4) is 5.75 Å². The van der Waals surface area contributed by atoms with Crippen molar-refractivity contribution >= 4 is 34.8 Å². The fourth-order valence-corrected chi connectivity index (χ4v) is 4.84. The van der Waals surface area contributed by atoms with Crippen molar-refractivity contribution in [2.45, 2.75) is 23.2 Å². The fourth-order valence-electron chi connectivity index (χ4n) is 3.98. The summed E-state index contributed by atoms with van der Waals surface area (Å²) in [6.07, 6.45) is 12.3. The third-order valence-corrected chi connectivity index (χ3v) is 6.81. The minimum absolute atomic E-state index is 0.118. The van der Waals surface area contributed by atoms with E-state index in [4.69, 9.17) is 10.5 Å². The van der Waals surface area contributed by atoms with Crippen LogP contribution in [0.1, 0.15) is 22.3 Å². The number of H-pyrrole nitrogens is 1. The number of ether oxygens (including phenoxy) is 1. The Balaban J connectivity index is 1.16. The number of hydrogen-bond acceptors (Lipinski definition) is 5. The molecule has 0 saturated carbocycles. The maximum Gasteiger partial charge on any atom is 0.138 e. The quantitative estimate of drug-likeness (QED) is 0.222. The third kappa shape index (κ3) is 6.42. The van der Waals surface area contributed by atoms with Gasteiger partial charge >= 0.3 is 0 Å². The van der Waals surface area contributed by atoms with Crippen LogP contribution in [0.4, 0.5) is 0 Å². The number of pyridine rings is 2. The lowest BCUT2D eigenvalue weighted by molar-refractivity contribution is 0.287. The van der Waals surface area contributed by atoms with E-state index in [0.29, 0.717) is 12.4 Å². The highest BCUT2D eigenvalue weighted by molar-refractivity contribution is 7.98. The van der Waals surface area contributed by atoms with E-state index in [1.165, 1.54) is 16.5 Å². The van der Waals surface area contributed by atoms with Gasteiger partial charge < -0.3 is 15.5 Å². The summed E-state index contributed by atoms with van der Waals surface area (Å²) in [6, 6.07) is 24.6. The largest absolute Gasteiger partial charge is 0.490 e. The zero-order valence-corrected chi connectivity index (χ0v) is 20.7. The molecule has 0 aliphatic carbocycles. The summed E-state index contributed by atoms with van der Waals surface area (Å²) in [7, 11) is 0. The van der Waals surface area contributed by atoms with Crippen LogP contribution in [0.5, 0.6) is 5.75 Å². The third-order valence-electron chi connectivity index (χ3n) is 5.81. The first-order valence-corrected chi connectivity index (χ1v) is 12.9. The van der Waals surface area contributed by atoms with Crippen molar-refractivity contribution in [2.75, 3.05) is 6.61 Å². The number of para-hydroxylation sites is 1. The molecule has 0 radical (unpaired) electrons. The summed E-state index contributed by atoms with van der Waals surface area (Å²) in [5.74, 6) is 1.60. The van der Waals surface area contributed by atoms with Crippen LogP contribution >= 0.6 is 11.8 Å². The van der Waals surface area contributed by atoms with Crippen molar-refractivity contribution in [2.24, 2.45) is 5.73 Å². The Kier molecular flexibility index (Phi) is 7.76. The van der Waals surface area contributed by atoms with Crippen molar-refractivity contribution in [1.82, 2.24) is 15.0 Å². The molecule has 6 heteroatoms. The Morgan fingerprint density at radius 3 is 2.69 bits per heavy atom. The molecule has 3 heterocycles. The van der Waals surface area contributed by atoms with Gasteiger partial charge in [0, 0.05) is 41.3 Å². The SMILES string of the molecule is N[C@H](COc1cncc(/C=C/c2ccnc(SCc3ccccc3)c2)c1)Cc1c[nH]c2ccccc12. The van der Waals surface area contributed by atoms with Gasteiger partial charge in [-0.15, -0.1) is 11.8 Å². The molecule has 0 spiro atoms. The van der Waals surface area contributed by atoms with Gasteiger partial charge in [-0.1, -0.05) is 60.7 Å². The van der Waals surface area contributed by atoms with Crippen LogP contribution < -0.4 is 10.5 Å². The number of aromatic amines is 1. The minimum Gasteiger partial charge on any atom is -0.490 e. The summed E-state index contributed by atoms with van der Waals surface area (Å²) in [6.45, 7) is 0.417. The number of fused-ring (bicyclic) bond motifs is 1. The summed E-state index contributed by atoms with van der Waals surface area (Å²) in [5.41, 5.74) is 12.0. The van der Waals surface area contributed by atoms with Gasteiger partial charge in [-0.25, -0.2) is 4.98 Å². The Hall–Kier alpha value is -3.87. The van der Waals surface area contributed by atoms with Gasteiger partial charge in [-0.05, 0) is 52.9 Å². The van der Waals surface area contributed by atoms with E-state index in [2.05, 4.69) is 63.5 Å². The van der Waals surface area contributed by atoms with Crippen molar-refractivity contribution in [3.05, 3.63) is 120 Å². The number of hydrogen-bond donors (Lipinski definition) is 2. The molecule has 3 N–H and O–H groups in total. The van der Waals surface area contributed by atoms with E-state index in [1.54, 1.807) is 18.0 Å². The van der Waals surface area contributed by atoms with Crippen molar-refractivity contribution in [1.29, 1.82) is 0 Å². The van der Waals surface area contributed by atoms with Gasteiger partial charge in [-0.2, -0.15) is 0 Å². The second kappa shape index (κ2) is 11.7. The van der Waals surface area contributed by atoms with Crippen LogP contribution in [0.15, 0.2) is 103 Å². The smallest absolute Gasteiger partial charge is 0.138 e. The van der Waals surface area contributed by atoms with Crippen LogP contribution in [0.25, 0.3) is 23.1 Å². The monoisotopic (exact) mass is 492 g/mol. The highest BCUT2D eigenvalue weighted by Gasteiger charge is 2.10. The van der Waals surface area contributed by atoms with Crippen LogP contribution in [-0.4, -0.2) is 27.6 Å². The molecule has 0 aliphatic rings. The molecule has 36 heavy (non-hydrogen) atoms. The molecule has 2 aromatic carbocycles. The Bertz CT molecular complexity index is 1450. The fraction of sp³-hybridized carbons (Fsp3) is 0.133. The average Bonchev–Trinajstić information content (AvgIpc) is 3.33. The predicted molar refractivity (Wildman–Crippen MR) is 149 cm³/mol. The van der Waals surface area contributed by atoms with Crippen molar-refractivity contribution in [3.63, 3.8) is 0 Å². The summed E-state index contributed by atoms with van der Waals surface area (Å²) < 4.78 is 5.97. The molecule has 5 aromatic rings. The molecule has 0 unspecified atom stereocenters. The standard InChI is InChI=1S/C30H28N4OS/c31-26(16-25-18-34-29-9-5-4-8-28(25)29)20-35-27-14-24(17-32-19-27)11-10-22-12-13-33-30(15-22)36-21-23-6-2-1-3-7-23/h1-15,17-19,26,34H,16,20-21,31H2/b11-10+/t26-/m0/s1. The molecule has 1 atom stereocenters. The maximum absolute atomic E-state index is 6.37. The molecule has 0 aliphatic heterocycles. The number of rotatable bonds is 10. The number of nitrogens with zero attached hydrogens (tertiary/aromatic N) is 2. The van der Waals surface area contributed by atoms with Crippen LogP contribution in [0, 0.1) is 0 Å². The van der Waals surface area contributed by atoms with Crippen LogP contribution in [-0.2, 0) is 12.2 Å². The van der Waals surface area contributed by atoms with E-state index < -0.39 is 0 Å². The second-order valence-corrected chi connectivity index (χ2v) is 9.62. The Labute approximate surface area is 215 Å². The van der Waals surface area contributed by atoms with E-state index >= 15 is 0 Å². The number of nitrogens with two attached hydrogens (primary N) is 1. The van der Waals surface area contributed by atoms with E-state index in [-0.39, 0.29) is 6.04 Å². The second-order valence-electron chi connectivity index (χ2n) is 8.62. The summed E-state index contributed by atoms with van der Waals surface area (Å²) >= 11 is 1.73. The minimum atomic E-state index is -0.118. The van der Waals surface area contributed by atoms with Gasteiger partial charge in [0.15, 0.2) is 0 Å². The highest BCUT2D eigenvalue weighted by Crippen LogP contribution is 2.23. The lowest BCUT2D eigenvalue weighted by Crippen LogP contribution is -2.30. The zero-order valence-electron chi connectivity index (χ0n) is 19.9. The first-order chi connectivity index (χ1) is 17.7. The molecule has 5 nitrogen and oxygen atoms in total. The van der Waals surface area contributed by atoms with Crippen molar-refractivity contribution < 1.29 is 4.74 Å². The lowest BCUT2D eigenvalue weighted by atomic mass is 10.1. The molecular weight excluding hydrogens is 464 g/mol. The average molecular weight is 493 g/mol. The normalized spacial score (nSPS) is 12.2. The molecule has 3 aromatic heterocycles. The summed E-state index contributed by atoms with van der Waals surface area (Å²) in [5, 5.41) is 2.21. The predicted octanol–water partition coefficient (Wildman–Crippen LogP) is 6.37. The molecule has 180 valence electrons. The Morgan fingerprint density at radius 2 is 1.78 bits per heavy atom. The van der Waals surface area contributed by atoms with E-state index in [0.717, 1.165) is 33.8 Å². The molecule has 0 bridgehead atoms. The van der Waals surface area contributed by atoms with Gasteiger partial charge in [0.1, 0.15) is 12.4 Å². The molecule has 0 saturated heterocycles. The molecular formula is C30H28N4OS. The van der Waals surface area contributed by atoms with Gasteiger partial charge in [0.05, 0.1) is 11.2 Å². The van der Waals surface area contributed by atoms with E-state index in [9.17, 15) is 0 Å². The van der Waals surface area contributed by atoms with E-state index in [1.807, 2.05) is 55.0 Å². The van der Waals surface area contributed by atoms with Crippen LogP contribution in [0.3, 0.4) is 0 Å². The molecule has 0 amide bonds. The number of benzene rings is 2. The first kappa shape index (κ1) is 23.9. The first-order valence-electron chi connectivity index (χ1n) is 11.9. The van der Waals surface area contributed by atoms with Gasteiger partial charge in [0.25, 0.3) is 0 Å². The summed E-state index contributed by atoms with van der Waals surface area (Å²) in [4.78, 5) is 12.1.